The topological polar surface area (TPSA) is 41.4 Å². The molecule has 1 aromatic carbocycles. The highest BCUT2D eigenvalue weighted by Gasteiger charge is 2.34. The summed E-state index contributed by atoms with van der Waals surface area (Å²) in [5.74, 6) is 0.935. The number of allylic oxidation sites excluding steroid dienone is 1. The molecule has 1 fully saturated rings. The largest absolute Gasteiger partial charge is 0.334 e. The van der Waals surface area contributed by atoms with Crippen LogP contribution < -0.4 is 0 Å². The Morgan fingerprint density at radius 1 is 1.03 bits per heavy atom. The number of amides is 1. The van der Waals surface area contributed by atoms with Crippen molar-refractivity contribution in [1.82, 2.24) is 19.6 Å². The van der Waals surface area contributed by atoms with E-state index in [9.17, 15) is 4.79 Å². The van der Waals surface area contributed by atoms with Gasteiger partial charge in [0.15, 0.2) is 0 Å². The maximum absolute atomic E-state index is 13.4. The van der Waals surface area contributed by atoms with Crippen LogP contribution in [0.3, 0.4) is 0 Å². The molecule has 0 aliphatic carbocycles. The molecule has 3 heterocycles. The van der Waals surface area contributed by atoms with Crippen LogP contribution in [-0.4, -0.2) is 45.1 Å². The molecule has 5 heteroatoms. The van der Waals surface area contributed by atoms with E-state index < -0.39 is 0 Å². The Morgan fingerprint density at radius 3 is 2.45 bits per heavy atom. The second-order valence-electron chi connectivity index (χ2n) is 9.10. The van der Waals surface area contributed by atoms with Crippen molar-refractivity contribution >= 4 is 5.91 Å². The van der Waals surface area contributed by atoms with E-state index in [0.717, 1.165) is 57.7 Å². The Kier molecular flexibility index (Phi) is 6.91. The molecule has 4 rings (SSSR count). The van der Waals surface area contributed by atoms with Crippen molar-refractivity contribution in [2.45, 2.75) is 59.7 Å². The van der Waals surface area contributed by atoms with Crippen LogP contribution in [0, 0.1) is 25.7 Å². The van der Waals surface area contributed by atoms with Gasteiger partial charge in [-0.3, -0.25) is 14.4 Å². The number of carbonyl (C=O) groups is 1. The van der Waals surface area contributed by atoms with E-state index in [1.165, 1.54) is 16.8 Å². The summed E-state index contributed by atoms with van der Waals surface area (Å²) in [7, 11) is 0. The van der Waals surface area contributed by atoms with Crippen LogP contribution in [0.1, 0.15) is 48.7 Å². The Balaban J connectivity index is 1.37. The normalized spacial score (nSPS) is 20.9. The van der Waals surface area contributed by atoms with Gasteiger partial charge in [0, 0.05) is 43.4 Å². The van der Waals surface area contributed by atoms with Gasteiger partial charge >= 0.3 is 0 Å². The number of nitrogens with zero attached hydrogens (tertiary/aromatic N) is 4. The molecule has 0 N–H and O–H groups in total. The minimum atomic E-state index is 0.121. The molecule has 0 bridgehead atoms. The molecule has 0 unspecified atom stereocenters. The maximum atomic E-state index is 13.4. The average molecular weight is 421 g/mol. The standard InChI is InChI=1S/C26H36N4O/c1-4-30-21(3)25(20(2)27-30)19-28-16-13-23(14-17-28)24-12-8-9-15-29(26(24)31)18-22-10-6-5-7-11-22/h5-11,23-24H,4,12-19H2,1-3H3/t24-/m0/s1. The summed E-state index contributed by atoms with van der Waals surface area (Å²) >= 11 is 0. The zero-order valence-electron chi connectivity index (χ0n) is 19.3. The number of aryl methyl sites for hydroxylation is 2. The molecule has 166 valence electrons. The zero-order chi connectivity index (χ0) is 21.8. The number of aromatic nitrogens is 2. The van der Waals surface area contributed by atoms with E-state index in [-0.39, 0.29) is 5.92 Å². The molecule has 1 saturated heterocycles. The number of rotatable bonds is 6. The molecule has 5 nitrogen and oxygen atoms in total. The Labute approximate surface area is 186 Å². The highest BCUT2D eigenvalue weighted by atomic mass is 16.2. The third-order valence-corrected chi connectivity index (χ3v) is 7.14. The van der Waals surface area contributed by atoms with Gasteiger partial charge in [-0.15, -0.1) is 0 Å². The second-order valence-corrected chi connectivity index (χ2v) is 9.10. The summed E-state index contributed by atoms with van der Waals surface area (Å²) in [6.45, 7) is 11.9. The lowest BCUT2D eigenvalue weighted by Gasteiger charge is -2.36. The van der Waals surface area contributed by atoms with Gasteiger partial charge in [0.05, 0.1) is 5.69 Å². The monoisotopic (exact) mass is 420 g/mol. The lowest BCUT2D eigenvalue weighted by atomic mass is 9.81. The minimum Gasteiger partial charge on any atom is -0.334 e. The molecular weight excluding hydrogens is 384 g/mol. The van der Waals surface area contributed by atoms with Crippen molar-refractivity contribution in [3.8, 4) is 0 Å². The Morgan fingerprint density at radius 2 is 1.77 bits per heavy atom. The predicted octanol–water partition coefficient (Wildman–Crippen LogP) is 4.34. The van der Waals surface area contributed by atoms with E-state index in [4.69, 9.17) is 0 Å². The van der Waals surface area contributed by atoms with Crippen LogP contribution in [0.5, 0.6) is 0 Å². The number of carbonyl (C=O) groups excluding carboxylic acids is 1. The maximum Gasteiger partial charge on any atom is 0.226 e. The van der Waals surface area contributed by atoms with Crippen molar-refractivity contribution in [2.75, 3.05) is 19.6 Å². The fourth-order valence-corrected chi connectivity index (χ4v) is 5.22. The van der Waals surface area contributed by atoms with Gasteiger partial charge in [-0.05, 0) is 64.6 Å². The van der Waals surface area contributed by atoms with Crippen molar-refractivity contribution in [3.63, 3.8) is 0 Å². The molecule has 1 amide bonds. The molecular formula is C26H36N4O. The summed E-state index contributed by atoms with van der Waals surface area (Å²) in [6.07, 6.45) is 7.49. The molecule has 31 heavy (non-hydrogen) atoms. The fraction of sp³-hybridized carbons (Fsp3) is 0.538. The number of likely N-dealkylation sites (tertiary alicyclic amines) is 1. The summed E-state index contributed by atoms with van der Waals surface area (Å²) in [4.78, 5) is 18.0. The molecule has 1 atom stereocenters. The molecule has 2 aliphatic heterocycles. The average Bonchev–Trinajstić information content (AvgIpc) is 2.94. The van der Waals surface area contributed by atoms with Gasteiger partial charge in [-0.25, -0.2) is 0 Å². The summed E-state index contributed by atoms with van der Waals surface area (Å²) < 4.78 is 2.11. The van der Waals surface area contributed by atoms with Crippen LogP contribution in [-0.2, 0) is 24.4 Å². The first kappa shape index (κ1) is 21.8. The van der Waals surface area contributed by atoms with Crippen molar-refractivity contribution in [2.24, 2.45) is 11.8 Å². The third kappa shape index (κ3) is 4.93. The van der Waals surface area contributed by atoms with Crippen LogP contribution in [0.15, 0.2) is 42.5 Å². The number of hydrogen-bond acceptors (Lipinski definition) is 3. The molecule has 0 radical (unpaired) electrons. The van der Waals surface area contributed by atoms with E-state index in [2.05, 4.69) is 59.7 Å². The highest BCUT2D eigenvalue weighted by molar-refractivity contribution is 5.80. The zero-order valence-corrected chi connectivity index (χ0v) is 19.3. The van der Waals surface area contributed by atoms with E-state index in [1.54, 1.807) is 0 Å². The van der Waals surface area contributed by atoms with Crippen LogP contribution in [0.25, 0.3) is 0 Å². The first-order chi connectivity index (χ1) is 15.1. The van der Waals surface area contributed by atoms with Crippen LogP contribution in [0.2, 0.25) is 0 Å². The fourth-order valence-electron chi connectivity index (χ4n) is 5.22. The van der Waals surface area contributed by atoms with Crippen molar-refractivity contribution in [3.05, 3.63) is 65.0 Å². The number of piperidine rings is 1. The van der Waals surface area contributed by atoms with E-state index in [0.29, 0.717) is 18.4 Å². The van der Waals surface area contributed by atoms with Gasteiger partial charge in [-0.1, -0.05) is 42.5 Å². The quantitative estimate of drug-likeness (QED) is 0.653. The summed E-state index contributed by atoms with van der Waals surface area (Å²) in [5, 5.41) is 4.68. The second kappa shape index (κ2) is 9.82. The molecule has 0 saturated carbocycles. The van der Waals surface area contributed by atoms with Crippen molar-refractivity contribution < 1.29 is 4.79 Å². The molecule has 0 spiro atoms. The molecule has 2 aromatic rings. The third-order valence-electron chi connectivity index (χ3n) is 7.14. The molecule has 2 aliphatic rings. The summed E-state index contributed by atoms with van der Waals surface area (Å²) in [6, 6.07) is 10.4. The summed E-state index contributed by atoms with van der Waals surface area (Å²) in [5.41, 5.74) is 5.03. The first-order valence-electron chi connectivity index (χ1n) is 11.8. The Hall–Kier alpha value is -2.40. The van der Waals surface area contributed by atoms with Crippen molar-refractivity contribution in [1.29, 1.82) is 0 Å². The number of benzene rings is 1. The predicted molar refractivity (Wildman–Crippen MR) is 124 cm³/mol. The Bertz CT molecular complexity index is 909. The minimum absolute atomic E-state index is 0.121. The van der Waals surface area contributed by atoms with Gasteiger partial charge < -0.3 is 4.90 Å². The molecule has 1 aromatic heterocycles. The smallest absolute Gasteiger partial charge is 0.226 e. The van der Waals surface area contributed by atoms with Gasteiger partial charge in [0.2, 0.25) is 5.91 Å². The number of hydrogen-bond donors (Lipinski definition) is 0. The van der Waals surface area contributed by atoms with Gasteiger partial charge in [0.1, 0.15) is 0 Å². The first-order valence-corrected chi connectivity index (χ1v) is 11.8. The van der Waals surface area contributed by atoms with E-state index >= 15 is 0 Å². The van der Waals surface area contributed by atoms with Crippen LogP contribution >= 0.6 is 0 Å². The SMILES string of the molecule is CCn1nc(C)c(CN2CCC([C@@H]3CC=CCN(Cc4ccccc4)C3=O)CC2)c1C. The lowest BCUT2D eigenvalue weighted by Crippen LogP contribution is -2.42. The van der Waals surface area contributed by atoms with E-state index in [1.807, 2.05) is 23.1 Å². The van der Waals surface area contributed by atoms with Gasteiger partial charge in [-0.2, -0.15) is 5.10 Å². The lowest BCUT2D eigenvalue weighted by molar-refractivity contribution is -0.137. The highest BCUT2D eigenvalue weighted by Crippen LogP contribution is 2.32. The van der Waals surface area contributed by atoms with Crippen LogP contribution in [0.4, 0.5) is 0 Å². The van der Waals surface area contributed by atoms with Gasteiger partial charge in [0.25, 0.3) is 0 Å².